The summed E-state index contributed by atoms with van der Waals surface area (Å²) in [6.07, 6.45) is 2.49. The number of likely N-dealkylation sites (tertiary alicyclic amines) is 1. The minimum Gasteiger partial charge on any atom is -0.392 e. The molecule has 0 bridgehead atoms. The van der Waals surface area contributed by atoms with Gasteiger partial charge < -0.3 is 10.0 Å². The third kappa shape index (κ3) is 2.80. The molecule has 0 aliphatic carbocycles. The number of aliphatic hydroxyl groups is 1. The molecule has 1 saturated heterocycles. The number of nitrogens with zero attached hydrogens (tertiary/aromatic N) is 1. The maximum Gasteiger partial charge on any atom is 0.0689 e. The van der Waals surface area contributed by atoms with Gasteiger partial charge in [0.15, 0.2) is 0 Å². The van der Waals surface area contributed by atoms with Crippen LogP contribution in [0.15, 0.2) is 0 Å². The van der Waals surface area contributed by atoms with Crippen LogP contribution in [0.1, 0.15) is 26.7 Å². The van der Waals surface area contributed by atoms with E-state index in [4.69, 9.17) is 0 Å². The quantitative estimate of drug-likeness (QED) is 0.663. The van der Waals surface area contributed by atoms with Crippen molar-refractivity contribution in [3.63, 3.8) is 0 Å². The van der Waals surface area contributed by atoms with Crippen molar-refractivity contribution in [2.75, 3.05) is 19.6 Å². The molecule has 0 saturated carbocycles. The highest BCUT2D eigenvalue weighted by molar-refractivity contribution is 4.71. The minimum atomic E-state index is -0.131. The SMILES string of the molecule is CC(C)C(O)CN1CCCC1. The lowest BCUT2D eigenvalue weighted by atomic mass is 10.1. The van der Waals surface area contributed by atoms with Crippen LogP contribution >= 0.6 is 0 Å². The summed E-state index contributed by atoms with van der Waals surface area (Å²) in [5, 5.41) is 9.55. The van der Waals surface area contributed by atoms with Crippen LogP contribution in [0.25, 0.3) is 0 Å². The largest absolute Gasteiger partial charge is 0.392 e. The molecule has 0 aromatic heterocycles. The summed E-state index contributed by atoms with van der Waals surface area (Å²) < 4.78 is 0. The molecule has 1 N–H and O–H groups in total. The van der Waals surface area contributed by atoms with Crippen molar-refractivity contribution in [3.05, 3.63) is 0 Å². The molecule has 1 rings (SSSR count). The molecule has 1 aliphatic heterocycles. The molecule has 1 atom stereocenters. The van der Waals surface area contributed by atoms with Crippen molar-refractivity contribution in [1.29, 1.82) is 0 Å². The second-order valence-corrected chi connectivity index (χ2v) is 3.82. The van der Waals surface area contributed by atoms with E-state index in [1.165, 1.54) is 25.9 Å². The Labute approximate surface area is 69.2 Å². The van der Waals surface area contributed by atoms with E-state index in [0.29, 0.717) is 5.92 Å². The summed E-state index contributed by atoms with van der Waals surface area (Å²) >= 11 is 0. The Morgan fingerprint density at radius 1 is 1.27 bits per heavy atom. The monoisotopic (exact) mass is 157 g/mol. The Hall–Kier alpha value is -0.0800. The highest BCUT2D eigenvalue weighted by atomic mass is 16.3. The summed E-state index contributed by atoms with van der Waals surface area (Å²) in [5.41, 5.74) is 0. The fourth-order valence-electron chi connectivity index (χ4n) is 1.44. The van der Waals surface area contributed by atoms with Crippen LogP contribution in [-0.2, 0) is 0 Å². The first-order valence-corrected chi connectivity index (χ1v) is 4.60. The molecular weight excluding hydrogens is 138 g/mol. The Kier molecular flexibility index (Phi) is 3.34. The maximum atomic E-state index is 9.55. The number of rotatable bonds is 3. The van der Waals surface area contributed by atoms with Gasteiger partial charge in [-0.2, -0.15) is 0 Å². The first-order valence-electron chi connectivity index (χ1n) is 4.60. The van der Waals surface area contributed by atoms with Gasteiger partial charge in [-0.25, -0.2) is 0 Å². The second-order valence-electron chi connectivity index (χ2n) is 3.82. The van der Waals surface area contributed by atoms with Crippen LogP contribution in [0.3, 0.4) is 0 Å². The van der Waals surface area contributed by atoms with E-state index < -0.39 is 0 Å². The molecule has 11 heavy (non-hydrogen) atoms. The average Bonchev–Trinajstić information content (AvgIpc) is 2.39. The zero-order valence-corrected chi connectivity index (χ0v) is 7.58. The predicted molar refractivity (Wildman–Crippen MR) is 46.5 cm³/mol. The second kappa shape index (κ2) is 4.07. The molecule has 0 amide bonds. The smallest absolute Gasteiger partial charge is 0.0689 e. The first-order chi connectivity index (χ1) is 5.20. The van der Waals surface area contributed by atoms with Gasteiger partial charge in [-0.1, -0.05) is 13.8 Å². The van der Waals surface area contributed by atoms with E-state index in [1.54, 1.807) is 0 Å². The lowest BCUT2D eigenvalue weighted by molar-refractivity contribution is 0.0856. The zero-order valence-electron chi connectivity index (χ0n) is 7.58. The molecule has 2 heteroatoms. The standard InChI is InChI=1S/C9H19NO/c1-8(2)9(11)7-10-5-3-4-6-10/h8-9,11H,3-7H2,1-2H3. The topological polar surface area (TPSA) is 23.5 Å². The van der Waals surface area contributed by atoms with Gasteiger partial charge in [-0.05, 0) is 31.8 Å². The Morgan fingerprint density at radius 3 is 2.27 bits per heavy atom. The molecule has 1 aliphatic rings. The van der Waals surface area contributed by atoms with Gasteiger partial charge in [-0.3, -0.25) is 0 Å². The fourth-order valence-corrected chi connectivity index (χ4v) is 1.44. The third-order valence-electron chi connectivity index (χ3n) is 2.41. The van der Waals surface area contributed by atoms with Crippen LogP contribution in [0, 0.1) is 5.92 Å². The molecule has 0 aromatic carbocycles. The van der Waals surface area contributed by atoms with Gasteiger partial charge in [0.05, 0.1) is 6.10 Å². The van der Waals surface area contributed by atoms with E-state index in [9.17, 15) is 5.11 Å². The van der Waals surface area contributed by atoms with Gasteiger partial charge >= 0.3 is 0 Å². The van der Waals surface area contributed by atoms with Crippen molar-refractivity contribution in [2.45, 2.75) is 32.8 Å². The van der Waals surface area contributed by atoms with Gasteiger partial charge in [0.1, 0.15) is 0 Å². The summed E-state index contributed by atoms with van der Waals surface area (Å²) in [6, 6.07) is 0. The molecule has 1 fully saturated rings. The molecular formula is C9H19NO. The van der Waals surface area contributed by atoms with E-state index in [1.807, 2.05) is 0 Å². The number of hydrogen-bond acceptors (Lipinski definition) is 2. The molecule has 1 heterocycles. The van der Waals surface area contributed by atoms with Crippen LogP contribution in [0.4, 0.5) is 0 Å². The molecule has 66 valence electrons. The van der Waals surface area contributed by atoms with Gasteiger partial charge in [-0.15, -0.1) is 0 Å². The van der Waals surface area contributed by atoms with Crippen LogP contribution in [0.2, 0.25) is 0 Å². The van der Waals surface area contributed by atoms with Crippen molar-refractivity contribution in [2.24, 2.45) is 5.92 Å². The Morgan fingerprint density at radius 2 is 1.82 bits per heavy atom. The number of hydrogen-bond donors (Lipinski definition) is 1. The van der Waals surface area contributed by atoms with Crippen molar-refractivity contribution in [3.8, 4) is 0 Å². The lowest BCUT2D eigenvalue weighted by Crippen LogP contribution is -2.32. The molecule has 1 unspecified atom stereocenters. The van der Waals surface area contributed by atoms with Gasteiger partial charge in [0.25, 0.3) is 0 Å². The average molecular weight is 157 g/mol. The van der Waals surface area contributed by atoms with Crippen molar-refractivity contribution >= 4 is 0 Å². The highest BCUT2D eigenvalue weighted by Crippen LogP contribution is 2.10. The lowest BCUT2D eigenvalue weighted by Gasteiger charge is -2.21. The summed E-state index contributed by atoms with van der Waals surface area (Å²) in [7, 11) is 0. The van der Waals surface area contributed by atoms with Gasteiger partial charge in [0.2, 0.25) is 0 Å². The van der Waals surface area contributed by atoms with Crippen molar-refractivity contribution in [1.82, 2.24) is 4.90 Å². The van der Waals surface area contributed by atoms with Crippen LogP contribution in [0.5, 0.6) is 0 Å². The minimum absolute atomic E-state index is 0.131. The summed E-state index contributed by atoms with van der Waals surface area (Å²) in [5.74, 6) is 0.399. The molecule has 0 radical (unpaired) electrons. The Bertz CT molecular complexity index is 108. The van der Waals surface area contributed by atoms with E-state index in [0.717, 1.165) is 6.54 Å². The van der Waals surface area contributed by atoms with E-state index >= 15 is 0 Å². The summed E-state index contributed by atoms with van der Waals surface area (Å²) in [6.45, 7) is 7.38. The van der Waals surface area contributed by atoms with E-state index in [2.05, 4.69) is 18.7 Å². The summed E-state index contributed by atoms with van der Waals surface area (Å²) in [4.78, 5) is 2.35. The first kappa shape index (κ1) is 9.01. The van der Waals surface area contributed by atoms with E-state index in [-0.39, 0.29) is 6.10 Å². The van der Waals surface area contributed by atoms with Crippen molar-refractivity contribution < 1.29 is 5.11 Å². The molecule has 2 nitrogen and oxygen atoms in total. The normalized spacial score (nSPS) is 22.9. The highest BCUT2D eigenvalue weighted by Gasteiger charge is 2.17. The van der Waals surface area contributed by atoms with Gasteiger partial charge in [0, 0.05) is 6.54 Å². The third-order valence-corrected chi connectivity index (χ3v) is 2.41. The number of β-amino-alcohol motifs (C(OH)–C–C–N with tert-alkyl or cyclic N) is 1. The van der Waals surface area contributed by atoms with Crippen LogP contribution in [-0.4, -0.2) is 35.7 Å². The number of aliphatic hydroxyl groups excluding tert-OH is 1. The zero-order chi connectivity index (χ0) is 8.27. The fraction of sp³-hybridized carbons (Fsp3) is 1.00. The maximum absolute atomic E-state index is 9.55. The predicted octanol–water partition coefficient (Wildman–Crippen LogP) is 1.10. The molecule has 0 spiro atoms. The van der Waals surface area contributed by atoms with Crippen LogP contribution < -0.4 is 0 Å². The Balaban J connectivity index is 2.18. The molecule has 0 aromatic rings.